The molecule has 70 valence electrons. The summed E-state index contributed by atoms with van der Waals surface area (Å²) in [7, 11) is 0. The monoisotopic (exact) mass is 261 g/mol. The third-order valence-electron chi connectivity index (χ3n) is 2.25. The standard InChI is InChI=1S/C9H9BrClNO/c10-7-4-12-3-6(8(7)11)9(13)5-1-2-5/h3-5,9,13H,1-2H2. The zero-order chi connectivity index (χ0) is 9.42. The van der Waals surface area contributed by atoms with E-state index >= 15 is 0 Å². The Hall–Kier alpha value is -0.120. The first-order valence-electron chi connectivity index (χ1n) is 4.17. The van der Waals surface area contributed by atoms with Crippen molar-refractivity contribution in [2.24, 2.45) is 5.92 Å². The molecule has 1 heterocycles. The third kappa shape index (κ3) is 1.87. The van der Waals surface area contributed by atoms with E-state index in [4.69, 9.17) is 11.6 Å². The van der Waals surface area contributed by atoms with Crippen molar-refractivity contribution in [1.82, 2.24) is 4.98 Å². The van der Waals surface area contributed by atoms with Crippen molar-refractivity contribution < 1.29 is 5.11 Å². The molecule has 0 radical (unpaired) electrons. The Morgan fingerprint density at radius 3 is 2.85 bits per heavy atom. The molecule has 0 aliphatic heterocycles. The van der Waals surface area contributed by atoms with Crippen LogP contribution in [-0.2, 0) is 0 Å². The number of rotatable bonds is 2. The van der Waals surface area contributed by atoms with Gasteiger partial charge in [-0.2, -0.15) is 0 Å². The number of aromatic nitrogens is 1. The van der Waals surface area contributed by atoms with Crippen molar-refractivity contribution in [1.29, 1.82) is 0 Å². The molecule has 1 N–H and O–H groups in total. The van der Waals surface area contributed by atoms with Gasteiger partial charge in [-0.1, -0.05) is 11.6 Å². The molecule has 1 aromatic heterocycles. The van der Waals surface area contributed by atoms with Gasteiger partial charge in [-0.25, -0.2) is 0 Å². The molecular formula is C9H9BrClNO. The number of hydrogen-bond acceptors (Lipinski definition) is 2. The van der Waals surface area contributed by atoms with E-state index in [1.54, 1.807) is 12.4 Å². The van der Waals surface area contributed by atoms with Crippen LogP contribution in [0, 0.1) is 5.92 Å². The number of aliphatic hydroxyl groups excluding tert-OH is 1. The number of aliphatic hydroxyl groups is 1. The molecule has 1 aliphatic rings. The average Bonchev–Trinajstić information content (AvgIpc) is 2.91. The first-order chi connectivity index (χ1) is 6.20. The van der Waals surface area contributed by atoms with Crippen LogP contribution >= 0.6 is 27.5 Å². The Bertz CT molecular complexity index is 327. The fraction of sp³-hybridized carbons (Fsp3) is 0.444. The van der Waals surface area contributed by atoms with Crippen LogP contribution in [0.4, 0.5) is 0 Å². The van der Waals surface area contributed by atoms with Gasteiger partial charge in [0.1, 0.15) is 0 Å². The Kier molecular flexibility index (Phi) is 2.58. The summed E-state index contributed by atoms with van der Waals surface area (Å²) in [5.41, 5.74) is 0.735. The second-order valence-corrected chi connectivity index (χ2v) is 4.54. The molecule has 1 unspecified atom stereocenters. The van der Waals surface area contributed by atoms with Crippen LogP contribution in [0.25, 0.3) is 0 Å². The molecule has 13 heavy (non-hydrogen) atoms. The molecule has 2 rings (SSSR count). The van der Waals surface area contributed by atoms with E-state index in [-0.39, 0.29) is 0 Å². The van der Waals surface area contributed by atoms with Crippen molar-refractivity contribution in [2.75, 3.05) is 0 Å². The van der Waals surface area contributed by atoms with Crippen LogP contribution in [0.3, 0.4) is 0 Å². The minimum absolute atomic E-state index is 0.383. The maximum absolute atomic E-state index is 9.82. The fourth-order valence-corrected chi connectivity index (χ4v) is 1.86. The van der Waals surface area contributed by atoms with Crippen LogP contribution in [0.5, 0.6) is 0 Å². The topological polar surface area (TPSA) is 33.1 Å². The maximum atomic E-state index is 9.82. The van der Waals surface area contributed by atoms with Crippen molar-refractivity contribution in [3.8, 4) is 0 Å². The van der Waals surface area contributed by atoms with E-state index in [0.717, 1.165) is 22.9 Å². The summed E-state index contributed by atoms with van der Waals surface area (Å²) in [6.07, 6.45) is 4.99. The van der Waals surface area contributed by atoms with Crippen molar-refractivity contribution in [3.05, 3.63) is 27.5 Å². The Labute approximate surface area is 90.1 Å². The molecular weight excluding hydrogens is 253 g/mol. The van der Waals surface area contributed by atoms with Gasteiger partial charge in [0.15, 0.2) is 0 Å². The molecule has 0 amide bonds. The van der Waals surface area contributed by atoms with Gasteiger partial charge in [0.25, 0.3) is 0 Å². The molecule has 0 saturated heterocycles. The SMILES string of the molecule is OC(c1cncc(Br)c1Cl)C1CC1. The van der Waals surface area contributed by atoms with Crippen LogP contribution < -0.4 is 0 Å². The van der Waals surface area contributed by atoms with Crippen LogP contribution in [0.1, 0.15) is 24.5 Å². The molecule has 1 aliphatic carbocycles. The lowest BCUT2D eigenvalue weighted by Gasteiger charge is -2.11. The molecule has 1 aromatic rings. The lowest BCUT2D eigenvalue weighted by Crippen LogP contribution is -2.01. The van der Waals surface area contributed by atoms with Crippen molar-refractivity contribution in [2.45, 2.75) is 18.9 Å². The summed E-state index contributed by atoms with van der Waals surface area (Å²) in [6.45, 7) is 0. The number of hydrogen-bond donors (Lipinski definition) is 1. The normalized spacial score (nSPS) is 18.7. The first kappa shape index (κ1) is 9.44. The maximum Gasteiger partial charge on any atom is 0.0848 e. The predicted molar refractivity (Wildman–Crippen MR) is 54.6 cm³/mol. The number of pyridine rings is 1. The summed E-state index contributed by atoms with van der Waals surface area (Å²) < 4.78 is 0.742. The van der Waals surface area contributed by atoms with E-state index in [1.165, 1.54) is 0 Å². The van der Waals surface area contributed by atoms with Gasteiger partial charge >= 0.3 is 0 Å². The Morgan fingerprint density at radius 1 is 1.54 bits per heavy atom. The van der Waals surface area contributed by atoms with E-state index in [2.05, 4.69) is 20.9 Å². The lowest BCUT2D eigenvalue weighted by atomic mass is 10.1. The minimum Gasteiger partial charge on any atom is -0.388 e. The highest BCUT2D eigenvalue weighted by atomic mass is 79.9. The fourth-order valence-electron chi connectivity index (χ4n) is 1.31. The van der Waals surface area contributed by atoms with E-state index in [0.29, 0.717) is 10.9 Å². The zero-order valence-corrected chi connectivity index (χ0v) is 9.22. The van der Waals surface area contributed by atoms with Gasteiger partial charge in [0.2, 0.25) is 0 Å². The zero-order valence-electron chi connectivity index (χ0n) is 6.87. The lowest BCUT2D eigenvalue weighted by molar-refractivity contribution is 0.153. The average molecular weight is 263 g/mol. The van der Waals surface area contributed by atoms with Gasteiger partial charge in [0.05, 0.1) is 15.6 Å². The van der Waals surface area contributed by atoms with E-state index in [1.807, 2.05) is 0 Å². The third-order valence-corrected chi connectivity index (χ3v) is 3.50. The molecule has 0 aromatic carbocycles. The highest BCUT2D eigenvalue weighted by molar-refractivity contribution is 9.10. The molecule has 2 nitrogen and oxygen atoms in total. The van der Waals surface area contributed by atoms with Gasteiger partial charge in [-0.05, 0) is 34.7 Å². The summed E-state index contributed by atoms with van der Waals surface area (Å²) in [5.74, 6) is 0.383. The molecule has 1 atom stereocenters. The second-order valence-electron chi connectivity index (χ2n) is 3.31. The smallest absolute Gasteiger partial charge is 0.0848 e. The minimum atomic E-state index is -0.447. The Balaban J connectivity index is 2.32. The van der Waals surface area contributed by atoms with Crippen LogP contribution in [0.2, 0.25) is 5.02 Å². The highest BCUT2D eigenvalue weighted by Crippen LogP contribution is 2.43. The van der Waals surface area contributed by atoms with Gasteiger partial charge in [0, 0.05) is 18.0 Å². The number of halogens is 2. The summed E-state index contributed by atoms with van der Waals surface area (Å²) in [5, 5.41) is 10.4. The Morgan fingerprint density at radius 2 is 2.23 bits per heavy atom. The van der Waals surface area contributed by atoms with Gasteiger partial charge in [-0.15, -0.1) is 0 Å². The van der Waals surface area contributed by atoms with Gasteiger partial charge in [-0.3, -0.25) is 4.98 Å². The quantitative estimate of drug-likeness (QED) is 0.889. The first-order valence-corrected chi connectivity index (χ1v) is 5.34. The van der Waals surface area contributed by atoms with Gasteiger partial charge < -0.3 is 5.11 Å². The largest absolute Gasteiger partial charge is 0.388 e. The second kappa shape index (κ2) is 3.56. The van der Waals surface area contributed by atoms with Crippen molar-refractivity contribution >= 4 is 27.5 Å². The molecule has 0 bridgehead atoms. The molecule has 4 heteroatoms. The highest BCUT2D eigenvalue weighted by Gasteiger charge is 2.32. The molecule has 1 fully saturated rings. The summed E-state index contributed by atoms with van der Waals surface area (Å²) in [6, 6.07) is 0. The van der Waals surface area contributed by atoms with E-state index < -0.39 is 6.10 Å². The van der Waals surface area contributed by atoms with Crippen LogP contribution in [0.15, 0.2) is 16.9 Å². The molecule has 1 saturated carbocycles. The molecule has 0 spiro atoms. The summed E-state index contributed by atoms with van der Waals surface area (Å²) in [4.78, 5) is 3.98. The van der Waals surface area contributed by atoms with Crippen molar-refractivity contribution in [3.63, 3.8) is 0 Å². The van der Waals surface area contributed by atoms with Crippen LogP contribution in [-0.4, -0.2) is 10.1 Å². The number of nitrogens with zero attached hydrogens (tertiary/aromatic N) is 1. The van der Waals surface area contributed by atoms with E-state index in [9.17, 15) is 5.11 Å². The summed E-state index contributed by atoms with van der Waals surface area (Å²) >= 11 is 9.29. The predicted octanol–water partition coefficient (Wildman–Crippen LogP) is 2.94.